The third-order valence-corrected chi connectivity index (χ3v) is 6.61. The smallest absolute Gasteiger partial charge is 0.0906 e. The topological polar surface area (TPSA) is 244 Å². The van der Waals surface area contributed by atoms with Crippen LogP contribution in [0.25, 0.3) is 52.2 Å². The van der Waals surface area contributed by atoms with Gasteiger partial charge < -0.3 is 0 Å². The predicted molar refractivity (Wildman–Crippen MR) is 150 cm³/mol. The van der Waals surface area contributed by atoms with Crippen LogP contribution in [-0.2, 0) is 0 Å². The molecule has 0 rings (SSSR count). The van der Waals surface area contributed by atoms with Crippen molar-refractivity contribution in [2.24, 2.45) is 25.6 Å². The second-order valence-corrected chi connectivity index (χ2v) is 14.5. The molecular weight excluding hydrogens is 778 g/mol. The molecular formula is C14H22Br5N15. The summed E-state index contributed by atoms with van der Waals surface area (Å²) >= 11 is 17.5. The van der Waals surface area contributed by atoms with Crippen LogP contribution in [0.4, 0.5) is 0 Å². The largest absolute Gasteiger partial charge is 0.116 e. The Kier molecular flexibility index (Phi) is 25.9. The lowest BCUT2D eigenvalue weighted by atomic mass is 10.0. The van der Waals surface area contributed by atoms with E-state index < -0.39 is 18.4 Å². The van der Waals surface area contributed by atoms with Crippen LogP contribution in [0.15, 0.2) is 25.6 Å². The molecule has 0 fully saturated rings. The van der Waals surface area contributed by atoms with Crippen molar-refractivity contribution in [1.82, 2.24) is 0 Å². The third-order valence-electron chi connectivity index (χ3n) is 3.87. The van der Waals surface area contributed by atoms with Gasteiger partial charge in [0.1, 0.15) is 12.3 Å². The van der Waals surface area contributed by atoms with Crippen molar-refractivity contribution in [3.8, 4) is 0 Å². The van der Waals surface area contributed by atoms with Crippen LogP contribution >= 0.6 is 79.6 Å². The molecule has 34 heavy (non-hydrogen) atoms. The molecule has 0 spiro atoms. The highest BCUT2D eigenvalue weighted by Gasteiger charge is 2.13. The molecule has 0 aromatic heterocycles. The molecule has 0 saturated carbocycles. The summed E-state index contributed by atoms with van der Waals surface area (Å²) in [4.78, 5) is 13.5. The Bertz CT molecular complexity index is 701. The van der Waals surface area contributed by atoms with Gasteiger partial charge in [-0.2, -0.15) is 0 Å². The lowest BCUT2D eigenvalue weighted by Crippen LogP contribution is -2.11. The van der Waals surface area contributed by atoms with E-state index in [4.69, 9.17) is 27.7 Å². The molecule has 0 bridgehead atoms. The summed E-state index contributed by atoms with van der Waals surface area (Å²) in [6.45, 7) is 0. The predicted octanol–water partition coefficient (Wildman–Crippen LogP) is 10.7. The molecule has 15 nitrogen and oxygen atoms in total. The monoisotopic (exact) mass is 795 g/mol. The molecule has 0 unspecified atom stereocenters. The van der Waals surface area contributed by atoms with E-state index in [-0.39, 0.29) is 25.7 Å². The Morgan fingerprint density at radius 3 is 1.03 bits per heavy atom. The number of hydrogen-bond donors (Lipinski definition) is 0. The van der Waals surface area contributed by atoms with Crippen LogP contribution in [0.3, 0.4) is 0 Å². The van der Waals surface area contributed by atoms with Crippen molar-refractivity contribution in [2.45, 2.75) is 82.0 Å². The summed E-state index contributed by atoms with van der Waals surface area (Å²) < 4.78 is 0.905. The number of halogens is 5. The second-order valence-electron chi connectivity index (χ2n) is 6.33. The van der Waals surface area contributed by atoms with Gasteiger partial charge in [-0.15, -0.1) is 0 Å². The first-order chi connectivity index (χ1) is 16.2. The highest BCUT2D eigenvalue weighted by Crippen LogP contribution is 2.24. The molecule has 0 aliphatic carbocycles. The van der Waals surface area contributed by atoms with Gasteiger partial charge in [0.15, 0.2) is 0 Å². The summed E-state index contributed by atoms with van der Waals surface area (Å²) in [7, 11) is 0. The molecule has 0 N–H and O–H groups in total. The van der Waals surface area contributed by atoms with Gasteiger partial charge in [-0.1, -0.05) is 105 Å². The summed E-state index contributed by atoms with van der Waals surface area (Å²) in [6, 6.07) is -0.513. The van der Waals surface area contributed by atoms with E-state index in [1.165, 1.54) is 12.8 Å². The van der Waals surface area contributed by atoms with E-state index in [1.807, 2.05) is 0 Å². The van der Waals surface area contributed by atoms with Crippen molar-refractivity contribution in [2.75, 3.05) is 0 Å². The van der Waals surface area contributed by atoms with Gasteiger partial charge in [-0.05, 0) is 79.0 Å². The standard InChI is InChI=1S/C7H11Br5.C7H11N15/c8-5(1-3-6(9)10)2-4-7(11)12;8-18-13-5(1-3-6(14-19-9)15-20-10)2-4-7(16-21-11)17-22-12/h5-7H,1-4H2;5-7H,1-4H2. The fourth-order valence-electron chi connectivity index (χ4n) is 2.29. The number of rotatable bonds is 17. The van der Waals surface area contributed by atoms with Crippen LogP contribution in [0.1, 0.15) is 51.4 Å². The Labute approximate surface area is 237 Å². The average molecular weight is 800 g/mol. The summed E-state index contributed by atoms with van der Waals surface area (Å²) in [5, 5.41) is 16.7. The molecule has 0 aromatic rings. The highest BCUT2D eigenvalue weighted by molar-refractivity contribution is 9.25. The Morgan fingerprint density at radius 1 is 0.441 bits per heavy atom. The lowest BCUT2D eigenvalue weighted by molar-refractivity contribution is 0.467. The van der Waals surface area contributed by atoms with Gasteiger partial charge in [-0.25, -0.2) is 0 Å². The summed E-state index contributed by atoms with van der Waals surface area (Å²) in [5.74, 6) is 0. The van der Waals surface area contributed by atoms with Gasteiger partial charge in [0.2, 0.25) is 0 Å². The third kappa shape index (κ3) is 24.1. The maximum absolute atomic E-state index is 8.51. The molecule has 0 amide bonds. The normalized spacial score (nSPS) is 12.5. The number of alkyl halides is 5. The van der Waals surface area contributed by atoms with E-state index in [1.54, 1.807) is 0 Å². The van der Waals surface area contributed by atoms with Crippen LogP contribution in [0, 0.1) is 0 Å². The first kappa shape index (κ1) is 35.1. The SMILES string of the molecule is BrC(Br)CCC(Br)CCC(Br)Br.[N-]=[N+]=NC(CCC(N=[N+]=[N-])N=[N+]=[N-])CCC(N=[N+]=[N-])N=[N+]=[N-]. The average Bonchev–Trinajstić information content (AvgIpc) is 2.78. The minimum Gasteiger partial charge on any atom is -0.0906 e. The van der Waals surface area contributed by atoms with E-state index in [9.17, 15) is 0 Å². The van der Waals surface area contributed by atoms with Gasteiger partial charge in [-0.3, -0.25) is 0 Å². The minimum absolute atomic E-state index is 0.186. The molecule has 0 heterocycles. The van der Waals surface area contributed by atoms with Crippen molar-refractivity contribution < 1.29 is 0 Å². The molecule has 0 aromatic carbocycles. The summed E-state index contributed by atoms with van der Waals surface area (Å²) in [6.07, 6.45) is 3.82. The van der Waals surface area contributed by atoms with E-state index in [2.05, 4.69) is 130 Å². The van der Waals surface area contributed by atoms with Crippen molar-refractivity contribution in [3.05, 3.63) is 52.2 Å². The van der Waals surface area contributed by atoms with E-state index in [0.29, 0.717) is 12.3 Å². The van der Waals surface area contributed by atoms with E-state index >= 15 is 0 Å². The fourth-order valence-corrected chi connectivity index (χ4v) is 3.88. The number of hydrogen-bond acceptors (Lipinski definition) is 5. The second kappa shape index (κ2) is 25.1. The van der Waals surface area contributed by atoms with Crippen LogP contribution in [0.2, 0.25) is 0 Å². The zero-order valence-electron chi connectivity index (χ0n) is 17.7. The van der Waals surface area contributed by atoms with Crippen LogP contribution in [-0.4, -0.2) is 30.7 Å². The first-order valence-corrected chi connectivity index (χ1v) is 14.2. The van der Waals surface area contributed by atoms with Gasteiger partial charge in [0, 0.05) is 35.4 Å². The van der Waals surface area contributed by atoms with E-state index in [0.717, 1.165) is 12.8 Å². The molecule has 0 aliphatic rings. The molecule has 0 atom stereocenters. The lowest BCUT2D eigenvalue weighted by Gasteiger charge is -2.13. The number of azide groups is 3. The maximum Gasteiger partial charge on any atom is 0.116 e. The molecule has 0 radical (unpaired) electrons. The molecule has 20 heteroatoms. The zero-order valence-corrected chi connectivity index (χ0v) is 25.6. The molecule has 0 aliphatic heterocycles. The Hall–Kier alpha value is -1.05. The van der Waals surface area contributed by atoms with Gasteiger partial charge in [0.05, 0.1) is 7.47 Å². The fraction of sp³-hybridized carbons (Fsp3) is 1.00. The highest BCUT2D eigenvalue weighted by atomic mass is 79.9. The van der Waals surface area contributed by atoms with Crippen molar-refractivity contribution >= 4 is 79.6 Å². The zero-order chi connectivity index (χ0) is 26.2. The Balaban J connectivity index is 0. The maximum atomic E-state index is 8.51. The summed E-state index contributed by atoms with van der Waals surface area (Å²) in [5.41, 5.74) is 41.8. The van der Waals surface area contributed by atoms with Crippen LogP contribution < -0.4 is 0 Å². The van der Waals surface area contributed by atoms with Crippen LogP contribution in [0.5, 0.6) is 0 Å². The van der Waals surface area contributed by atoms with Gasteiger partial charge in [0.25, 0.3) is 0 Å². The van der Waals surface area contributed by atoms with Crippen molar-refractivity contribution in [3.63, 3.8) is 0 Å². The quantitative estimate of drug-likeness (QED) is 0.0577. The first-order valence-electron chi connectivity index (χ1n) is 9.65. The minimum atomic E-state index is -0.920. The van der Waals surface area contributed by atoms with Gasteiger partial charge >= 0.3 is 0 Å². The number of nitrogens with zero attached hydrogens (tertiary/aromatic N) is 15. The van der Waals surface area contributed by atoms with Crippen molar-refractivity contribution in [1.29, 1.82) is 0 Å². The molecule has 188 valence electrons. The molecule has 0 saturated heterocycles. The Morgan fingerprint density at radius 2 is 0.765 bits per heavy atom.